The number of aromatic nitrogens is 1. The third-order valence-corrected chi connectivity index (χ3v) is 3.25. The average molecular weight is 287 g/mol. The molecule has 1 aromatic carbocycles. The quantitative estimate of drug-likeness (QED) is 0.890. The van der Waals surface area contributed by atoms with Crippen molar-refractivity contribution in [1.82, 2.24) is 4.98 Å². The van der Waals surface area contributed by atoms with Crippen molar-refractivity contribution in [3.63, 3.8) is 0 Å². The number of nitrogens with two attached hydrogens (primary N) is 2. The first-order chi connectivity index (χ1) is 8.79. The molecule has 0 saturated carbocycles. The highest BCUT2D eigenvalue weighted by Crippen LogP contribution is 2.33. The molecule has 4 N–H and O–H groups in total. The molecule has 0 fully saturated rings. The van der Waals surface area contributed by atoms with Crippen LogP contribution in [-0.2, 0) is 6.18 Å². The van der Waals surface area contributed by atoms with Crippen molar-refractivity contribution in [2.45, 2.75) is 6.18 Å². The fraction of sp³-hybridized carbons (Fsp3) is 0.0909. The van der Waals surface area contributed by atoms with E-state index in [1.54, 1.807) is 0 Å². The number of anilines is 1. The third-order valence-electron chi connectivity index (χ3n) is 2.35. The lowest BCUT2D eigenvalue weighted by atomic mass is 10.1. The number of hydrogen-bond donors (Lipinski definition) is 2. The number of hydrogen-bond acceptors (Lipinski definition) is 4. The van der Waals surface area contributed by atoms with Crippen LogP contribution in [0.15, 0.2) is 24.3 Å². The van der Waals surface area contributed by atoms with Gasteiger partial charge in [-0.05, 0) is 12.1 Å². The van der Waals surface area contributed by atoms with Gasteiger partial charge in [0.15, 0.2) is 5.13 Å². The van der Waals surface area contributed by atoms with Crippen LogP contribution in [0.25, 0.3) is 11.3 Å². The number of rotatable bonds is 2. The molecule has 2 aromatic rings. The predicted molar refractivity (Wildman–Crippen MR) is 65.5 cm³/mol. The van der Waals surface area contributed by atoms with Crippen LogP contribution in [0.3, 0.4) is 0 Å². The van der Waals surface area contributed by atoms with Crippen molar-refractivity contribution >= 4 is 22.4 Å². The molecule has 0 aliphatic carbocycles. The maximum Gasteiger partial charge on any atom is 0.416 e. The number of benzene rings is 1. The van der Waals surface area contributed by atoms with Gasteiger partial charge in [0.25, 0.3) is 5.91 Å². The molecule has 1 amide bonds. The van der Waals surface area contributed by atoms with Gasteiger partial charge in [0.2, 0.25) is 0 Å². The number of halogens is 3. The second-order valence-corrected chi connectivity index (χ2v) is 4.70. The van der Waals surface area contributed by atoms with Gasteiger partial charge in [0.1, 0.15) is 4.88 Å². The summed E-state index contributed by atoms with van der Waals surface area (Å²) in [6.07, 6.45) is -4.41. The van der Waals surface area contributed by atoms with Crippen molar-refractivity contribution in [3.8, 4) is 11.3 Å². The highest BCUT2D eigenvalue weighted by Gasteiger charge is 2.30. The van der Waals surface area contributed by atoms with Gasteiger partial charge in [0.05, 0.1) is 11.3 Å². The second-order valence-electron chi connectivity index (χ2n) is 3.67. The molecule has 0 radical (unpaired) electrons. The van der Waals surface area contributed by atoms with E-state index in [0.29, 0.717) is 5.56 Å². The molecule has 1 heterocycles. The number of primary amides is 1. The summed E-state index contributed by atoms with van der Waals surface area (Å²) in [5, 5.41) is 0.128. The third kappa shape index (κ3) is 2.68. The SMILES string of the molecule is NC(=O)c1sc(N)nc1-c1ccc(C(F)(F)F)cc1. The van der Waals surface area contributed by atoms with E-state index in [4.69, 9.17) is 11.5 Å². The summed E-state index contributed by atoms with van der Waals surface area (Å²) < 4.78 is 37.3. The molecule has 19 heavy (non-hydrogen) atoms. The molecule has 4 nitrogen and oxygen atoms in total. The Bertz CT molecular complexity index is 619. The Labute approximate surface area is 109 Å². The van der Waals surface area contributed by atoms with Gasteiger partial charge in [-0.1, -0.05) is 23.5 Å². The lowest BCUT2D eigenvalue weighted by Crippen LogP contribution is -2.10. The largest absolute Gasteiger partial charge is 0.416 e. The summed E-state index contributed by atoms with van der Waals surface area (Å²) in [5.41, 5.74) is 10.4. The van der Waals surface area contributed by atoms with Gasteiger partial charge >= 0.3 is 6.18 Å². The normalized spacial score (nSPS) is 11.5. The van der Waals surface area contributed by atoms with E-state index in [1.165, 1.54) is 12.1 Å². The van der Waals surface area contributed by atoms with Crippen LogP contribution in [-0.4, -0.2) is 10.9 Å². The average Bonchev–Trinajstić information content (AvgIpc) is 2.70. The van der Waals surface area contributed by atoms with Crippen LogP contribution < -0.4 is 11.5 Å². The predicted octanol–water partition coefficient (Wildman–Crippen LogP) is 2.51. The minimum absolute atomic E-state index is 0.122. The van der Waals surface area contributed by atoms with Crippen LogP contribution in [0, 0.1) is 0 Å². The van der Waals surface area contributed by atoms with Gasteiger partial charge in [-0.2, -0.15) is 13.2 Å². The highest BCUT2D eigenvalue weighted by atomic mass is 32.1. The van der Waals surface area contributed by atoms with Crippen LogP contribution in [0.2, 0.25) is 0 Å². The van der Waals surface area contributed by atoms with Crippen molar-refractivity contribution in [1.29, 1.82) is 0 Å². The topological polar surface area (TPSA) is 82.0 Å². The van der Waals surface area contributed by atoms with Crippen LogP contribution in [0.4, 0.5) is 18.3 Å². The lowest BCUT2D eigenvalue weighted by Gasteiger charge is -2.07. The van der Waals surface area contributed by atoms with Crippen molar-refractivity contribution in [2.75, 3.05) is 5.73 Å². The van der Waals surface area contributed by atoms with Crippen LogP contribution >= 0.6 is 11.3 Å². The summed E-state index contributed by atoms with van der Waals surface area (Å²) in [5.74, 6) is -0.718. The smallest absolute Gasteiger partial charge is 0.375 e. The Hall–Kier alpha value is -2.09. The van der Waals surface area contributed by atoms with E-state index in [-0.39, 0.29) is 15.7 Å². The highest BCUT2D eigenvalue weighted by molar-refractivity contribution is 7.17. The molecule has 100 valence electrons. The molecule has 0 spiro atoms. The second kappa shape index (κ2) is 4.54. The molecule has 0 saturated heterocycles. The van der Waals surface area contributed by atoms with Gasteiger partial charge in [-0.15, -0.1) is 0 Å². The first kappa shape index (κ1) is 13.3. The minimum Gasteiger partial charge on any atom is -0.375 e. The zero-order chi connectivity index (χ0) is 14.2. The van der Waals surface area contributed by atoms with Crippen LogP contribution in [0.5, 0.6) is 0 Å². The Morgan fingerprint density at radius 1 is 1.21 bits per heavy atom. The number of nitrogens with zero attached hydrogens (tertiary/aromatic N) is 1. The molecule has 1 aromatic heterocycles. The van der Waals surface area contributed by atoms with E-state index in [0.717, 1.165) is 23.5 Å². The number of alkyl halides is 3. The molecule has 0 aliphatic rings. The molecule has 0 atom stereocenters. The summed E-state index contributed by atoms with van der Waals surface area (Å²) in [6.45, 7) is 0. The number of amides is 1. The molecule has 2 rings (SSSR count). The Morgan fingerprint density at radius 2 is 1.79 bits per heavy atom. The van der Waals surface area contributed by atoms with Crippen molar-refractivity contribution in [3.05, 3.63) is 34.7 Å². The minimum atomic E-state index is -4.41. The van der Waals surface area contributed by atoms with Crippen molar-refractivity contribution < 1.29 is 18.0 Å². The summed E-state index contributed by atoms with van der Waals surface area (Å²) >= 11 is 0.897. The number of carbonyl (C=O) groups excluding carboxylic acids is 1. The van der Waals surface area contributed by atoms with E-state index in [9.17, 15) is 18.0 Å². The maximum absolute atomic E-state index is 12.4. The Kier molecular flexibility index (Phi) is 3.19. The molecular formula is C11H8F3N3OS. The number of thiazole rings is 1. The number of nitrogen functional groups attached to an aromatic ring is 1. The first-order valence-corrected chi connectivity index (χ1v) is 5.84. The molecule has 0 unspecified atom stereocenters. The maximum atomic E-state index is 12.4. The van der Waals surface area contributed by atoms with Crippen LogP contribution in [0.1, 0.15) is 15.2 Å². The summed E-state index contributed by atoms with van der Waals surface area (Å²) in [7, 11) is 0. The fourth-order valence-electron chi connectivity index (χ4n) is 1.52. The monoisotopic (exact) mass is 287 g/mol. The van der Waals surface area contributed by atoms with E-state index in [1.807, 2.05) is 0 Å². The molecule has 0 aliphatic heterocycles. The van der Waals surface area contributed by atoms with E-state index >= 15 is 0 Å². The van der Waals surface area contributed by atoms with Gasteiger partial charge in [-0.3, -0.25) is 4.79 Å². The number of carbonyl (C=O) groups is 1. The molecular weight excluding hydrogens is 279 g/mol. The zero-order valence-corrected chi connectivity index (χ0v) is 10.2. The fourth-order valence-corrected chi connectivity index (χ4v) is 2.22. The van der Waals surface area contributed by atoms with Gasteiger partial charge in [-0.25, -0.2) is 4.98 Å². The standard InChI is InChI=1S/C11H8F3N3OS/c12-11(13,14)6-3-1-5(2-4-6)7-8(9(15)18)19-10(16)17-7/h1-4H,(H2,15,18)(H2,16,17). The van der Waals surface area contributed by atoms with E-state index < -0.39 is 17.6 Å². The molecule has 0 bridgehead atoms. The Morgan fingerprint density at radius 3 is 2.26 bits per heavy atom. The van der Waals surface area contributed by atoms with Crippen molar-refractivity contribution in [2.24, 2.45) is 5.73 Å². The van der Waals surface area contributed by atoms with E-state index in [2.05, 4.69) is 4.98 Å². The summed E-state index contributed by atoms with van der Waals surface area (Å²) in [4.78, 5) is 15.2. The van der Waals surface area contributed by atoms with Gasteiger partial charge in [0, 0.05) is 5.56 Å². The Balaban J connectivity index is 2.46. The lowest BCUT2D eigenvalue weighted by molar-refractivity contribution is -0.137. The van der Waals surface area contributed by atoms with Gasteiger partial charge < -0.3 is 11.5 Å². The first-order valence-electron chi connectivity index (χ1n) is 5.03. The summed E-state index contributed by atoms with van der Waals surface area (Å²) in [6, 6.07) is 4.28. The zero-order valence-electron chi connectivity index (χ0n) is 9.36. The molecule has 8 heteroatoms.